The highest BCUT2D eigenvalue weighted by Crippen LogP contribution is 2.22. The zero-order chi connectivity index (χ0) is 23.5. The molecule has 1 fully saturated rings. The number of amides is 1. The molecule has 0 atom stereocenters. The number of Topliss-reactive ketones (excluding diaryl/α,β-unsaturated/α-hetero) is 1. The summed E-state index contributed by atoms with van der Waals surface area (Å²) in [7, 11) is 1.65. The highest BCUT2D eigenvalue weighted by molar-refractivity contribution is 5.94. The van der Waals surface area contributed by atoms with E-state index in [1.165, 1.54) is 25.4 Å². The van der Waals surface area contributed by atoms with Crippen molar-refractivity contribution < 1.29 is 27.2 Å². The van der Waals surface area contributed by atoms with Crippen LogP contribution in [-0.2, 0) is 17.9 Å². The number of carbonyl (C=O) groups is 2. The van der Waals surface area contributed by atoms with Gasteiger partial charge in [0.2, 0.25) is 5.91 Å². The van der Waals surface area contributed by atoms with Gasteiger partial charge in [-0.25, -0.2) is 9.37 Å². The molecular formula is C21H25F4N5O2. The number of ketones is 1. The SMILES string of the molecule is CC(=O)c1ccc(N2CCN(C(=O)CN(C)Cc3nccn3CC(F)(F)F)CC2)c(F)c1. The number of carbonyl (C=O) groups excluding carboxylic acids is 2. The van der Waals surface area contributed by atoms with Crippen molar-refractivity contribution in [1.82, 2.24) is 19.4 Å². The second-order valence-electron chi connectivity index (χ2n) is 7.85. The Morgan fingerprint density at radius 3 is 2.44 bits per heavy atom. The van der Waals surface area contributed by atoms with Gasteiger partial charge in [0.25, 0.3) is 0 Å². The van der Waals surface area contributed by atoms with E-state index in [4.69, 9.17) is 0 Å². The lowest BCUT2D eigenvalue weighted by Crippen LogP contribution is -2.51. The molecule has 0 bridgehead atoms. The highest BCUT2D eigenvalue weighted by atomic mass is 19.4. The molecule has 0 saturated carbocycles. The van der Waals surface area contributed by atoms with Crippen molar-refractivity contribution in [3.05, 3.63) is 47.8 Å². The van der Waals surface area contributed by atoms with Crippen LogP contribution in [0.25, 0.3) is 0 Å². The molecule has 1 aromatic carbocycles. The van der Waals surface area contributed by atoms with Gasteiger partial charge in [-0.1, -0.05) is 0 Å². The molecule has 1 amide bonds. The standard InChI is InChI=1S/C21H25F4N5O2/c1-15(31)16-3-4-18(17(22)11-16)28-7-9-29(10-8-28)20(32)13-27(2)12-19-26-5-6-30(19)14-21(23,24)25/h3-6,11H,7-10,12-14H2,1-2H3. The van der Waals surface area contributed by atoms with Crippen molar-refractivity contribution in [2.75, 3.05) is 44.7 Å². The quantitative estimate of drug-likeness (QED) is 0.475. The fraction of sp³-hybridized carbons (Fsp3) is 0.476. The van der Waals surface area contributed by atoms with Crippen LogP contribution >= 0.6 is 0 Å². The van der Waals surface area contributed by atoms with Gasteiger partial charge in [0.15, 0.2) is 5.78 Å². The summed E-state index contributed by atoms with van der Waals surface area (Å²) >= 11 is 0. The first-order valence-corrected chi connectivity index (χ1v) is 10.1. The third kappa shape index (κ3) is 6.06. The molecule has 174 valence electrons. The van der Waals surface area contributed by atoms with Gasteiger partial charge in [0.1, 0.15) is 18.2 Å². The van der Waals surface area contributed by atoms with Crippen LogP contribution < -0.4 is 4.90 Å². The summed E-state index contributed by atoms with van der Waals surface area (Å²) in [5.74, 6) is -0.622. The Morgan fingerprint density at radius 1 is 1.16 bits per heavy atom. The average molecular weight is 455 g/mol. The number of hydrogen-bond acceptors (Lipinski definition) is 5. The number of likely N-dealkylation sites (N-methyl/N-ethyl adjacent to an activating group) is 1. The number of benzene rings is 1. The number of hydrogen-bond donors (Lipinski definition) is 0. The van der Waals surface area contributed by atoms with E-state index < -0.39 is 18.5 Å². The molecule has 32 heavy (non-hydrogen) atoms. The first kappa shape index (κ1) is 23.7. The minimum Gasteiger partial charge on any atom is -0.366 e. The third-order valence-corrected chi connectivity index (χ3v) is 5.30. The van der Waals surface area contributed by atoms with Crippen molar-refractivity contribution in [2.24, 2.45) is 0 Å². The van der Waals surface area contributed by atoms with E-state index in [0.717, 1.165) is 4.57 Å². The predicted molar refractivity (Wildman–Crippen MR) is 110 cm³/mol. The first-order chi connectivity index (χ1) is 15.0. The van der Waals surface area contributed by atoms with Crippen LogP contribution in [0, 0.1) is 5.82 Å². The smallest absolute Gasteiger partial charge is 0.366 e. The van der Waals surface area contributed by atoms with E-state index in [9.17, 15) is 27.2 Å². The normalized spacial score (nSPS) is 14.8. The summed E-state index contributed by atoms with van der Waals surface area (Å²) < 4.78 is 53.4. The number of anilines is 1. The molecule has 0 unspecified atom stereocenters. The van der Waals surface area contributed by atoms with Gasteiger partial charge in [0, 0.05) is 44.1 Å². The van der Waals surface area contributed by atoms with Gasteiger partial charge in [-0.3, -0.25) is 14.5 Å². The Morgan fingerprint density at radius 2 is 1.84 bits per heavy atom. The van der Waals surface area contributed by atoms with Crippen LogP contribution in [0.2, 0.25) is 0 Å². The molecule has 2 aromatic rings. The van der Waals surface area contributed by atoms with Gasteiger partial charge in [-0.15, -0.1) is 0 Å². The molecule has 3 rings (SSSR count). The van der Waals surface area contributed by atoms with Gasteiger partial charge < -0.3 is 14.4 Å². The third-order valence-electron chi connectivity index (χ3n) is 5.30. The van der Waals surface area contributed by atoms with E-state index in [-0.39, 0.29) is 30.6 Å². The number of rotatable bonds is 7. The van der Waals surface area contributed by atoms with E-state index in [2.05, 4.69) is 4.98 Å². The Bertz CT molecular complexity index is 967. The molecule has 1 aliphatic rings. The highest BCUT2D eigenvalue weighted by Gasteiger charge is 2.29. The van der Waals surface area contributed by atoms with Crippen molar-refractivity contribution in [1.29, 1.82) is 0 Å². The number of alkyl halides is 3. The van der Waals surface area contributed by atoms with Crippen molar-refractivity contribution in [3.63, 3.8) is 0 Å². The van der Waals surface area contributed by atoms with Crippen LogP contribution in [0.5, 0.6) is 0 Å². The molecular weight excluding hydrogens is 430 g/mol. The first-order valence-electron chi connectivity index (χ1n) is 10.1. The lowest BCUT2D eigenvalue weighted by atomic mass is 10.1. The summed E-state index contributed by atoms with van der Waals surface area (Å²) in [5, 5.41) is 0. The Hall–Kier alpha value is -2.95. The Balaban J connectivity index is 1.52. The zero-order valence-electron chi connectivity index (χ0n) is 17.9. The lowest BCUT2D eigenvalue weighted by Gasteiger charge is -2.37. The fourth-order valence-corrected chi connectivity index (χ4v) is 3.64. The van der Waals surface area contributed by atoms with Gasteiger partial charge in [0.05, 0.1) is 18.8 Å². The minimum atomic E-state index is -4.35. The number of halogens is 4. The summed E-state index contributed by atoms with van der Waals surface area (Å²) in [4.78, 5) is 33.1. The molecule has 1 saturated heterocycles. The summed E-state index contributed by atoms with van der Waals surface area (Å²) in [6.45, 7) is 2.02. The molecule has 7 nitrogen and oxygen atoms in total. The van der Waals surface area contributed by atoms with Crippen molar-refractivity contribution >= 4 is 17.4 Å². The minimum absolute atomic E-state index is 0.0283. The number of aromatic nitrogens is 2. The van der Waals surface area contributed by atoms with Crippen molar-refractivity contribution in [3.8, 4) is 0 Å². The fourth-order valence-electron chi connectivity index (χ4n) is 3.64. The van der Waals surface area contributed by atoms with Gasteiger partial charge in [-0.05, 0) is 32.2 Å². The second-order valence-corrected chi connectivity index (χ2v) is 7.85. The van der Waals surface area contributed by atoms with E-state index in [1.807, 2.05) is 4.90 Å². The van der Waals surface area contributed by atoms with Crippen LogP contribution in [0.1, 0.15) is 23.1 Å². The Kier molecular flexibility index (Phi) is 7.17. The maximum absolute atomic E-state index is 14.4. The van der Waals surface area contributed by atoms with Crippen LogP contribution in [0.15, 0.2) is 30.6 Å². The van der Waals surface area contributed by atoms with Crippen LogP contribution in [0.4, 0.5) is 23.2 Å². The summed E-state index contributed by atoms with van der Waals surface area (Å²) in [6, 6.07) is 4.36. The number of nitrogens with zero attached hydrogens (tertiary/aromatic N) is 5. The maximum Gasteiger partial charge on any atom is 0.406 e. The molecule has 1 aromatic heterocycles. The topological polar surface area (TPSA) is 61.7 Å². The van der Waals surface area contributed by atoms with Gasteiger partial charge >= 0.3 is 6.18 Å². The van der Waals surface area contributed by atoms with E-state index in [0.29, 0.717) is 37.4 Å². The summed E-state index contributed by atoms with van der Waals surface area (Å²) in [5.41, 5.74) is 0.690. The van der Waals surface area contributed by atoms with E-state index in [1.54, 1.807) is 29.0 Å². The summed E-state index contributed by atoms with van der Waals surface area (Å²) in [6.07, 6.45) is -1.78. The van der Waals surface area contributed by atoms with Gasteiger partial charge in [-0.2, -0.15) is 13.2 Å². The predicted octanol–water partition coefficient (Wildman–Crippen LogP) is 2.57. The monoisotopic (exact) mass is 455 g/mol. The second kappa shape index (κ2) is 9.68. The molecule has 1 aliphatic heterocycles. The van der Waals surface area contributed by atoms with Crippen LogP contribution in [0.3, 0.4) is 0 Å². The lowest BCUT2D eigenvalue weighted by molar-refractivity contribution is -0.141. The molecule has 0 radical (unpaired) electrons. The molecule has 11 heteroatoms. The number of piperazine rings is 1. The molecule has 0 aliphatic carbocycles. The zero-order valence-corrected chi connectivity index (χ0v) is 17.9. The maximum atomic E-state index is 14.4. The van der Waals surface area contributed by atoms with Crippen molar-refractivity contribution in [2.45, 2.75) is 26.2 Å². The van der Waals surface area contributed by atoms with E-state index >= 15 is 0 Å². The molecule has 2 heterocycles. The van der Waals surface area contributed by atoms with Crippen LogP contribution in [-0.4, -0.2) is 77.0 Å². The molecule has 0 N–H and O–H groups in total. The molecule has 0 spiro atoms. The Labute approximate surface area is 183 Å². The number of imidazole rings is 1. The largest absolute Gasteiger partial charge is 0.406 e. The average Bonchev–Trinajstić information content (AvgIpc) is 3.12.